The van der Waals surface area contributed by atoms with Gasteiger partial charge in [-0.05, 0) is 65.4 Å². The zero-order valence-electron chi connectivity index (χ0n) is 43.1. The van der Waals surface area contributed by atoms with Crippen LogP contribution in [0.4, 0.5) is 0 Å². The maximum atomic E-state index is 14.8. The number of aromatic amines is 1. The van der Waals surface area contributed by atoms with Crippen LogP contribution >= 0.6 is 7.82 Å². The molecule has 0 saturated carbocycles. The number of fused-ring (bicyclic) bond motifs is 2. The summed E-state index contributed by atoms with van der Waals surface area (Å²) in [4.78, 5) is 165. The van der Waals surface area contributed by atoms with Crippen molar-refractivity contribution in [2.45, 2.75) is 158 Å². The van der Waals surface area contributed by atoms with Gasteiger partial charge in [0.25, 0.3) is 0 Å². The number of aliphatic hydroxyl groups is 1. The molecule has 0 aliphatic carbocycles. The van der Waals surface area contributed by atoms with Crippen molar-refractivity contribution in [3.05, 3.63) is 54.1 Å². The Balaban J connectivity index is 1.52. The molecule has 0 bridgehead atoms. The number of nitrogens with zero attached hydrogens (tertiary/aromatic N) is 3. The van der Waals surface area contributed by atoms with Crippen LogP contribution in [-0.4, -0.2) is 191 Å². The number of H-pyrrole nitrogens is 1. The number of hydrogen-bond acceptors (Lipinski definition) is 16. The highest BCUT2D eigenvalue weighted by Crippen LogP contribution is 2.38. The number of carboxylic acid groups (broad SMARTS) is 1. The zero-order chi connectivity index (χ0) is 56.9. The Morgan fingerprint density at radius 2 is 1.53 bits per heavy atom. The van der Waals surface area contributed by atoms with Gasteiger partial charge in [-0.1, -0.05) is 30.3 Å². The van der Waals surface area contributed by atoms with E-state index in [-0.39, 0.29) is 44.5 Å². The van der Waals surface area contributed by atoms with Crippen LogP contribution in [0.15, 0.2) is 42.9 Å². The average molecular weight is 1110 g/mol. The van der Waals surface area contributed by atoms with E-state index in [9.17, 15) is 72.5 Å². The van der Waals surface area contributed by atoms with Gasteiger partial charge >= 0.3 is 13.8 Å². The van der Waals surface area contributed by atoms with Gasteiger partial charge in [-0.25, -0.2) is 9.55 Å². The number of aliphatic carboxylic acids is 1. The van der Waals surface area contributed by atoms with E-state index in [4.69, 9.17) is 10.5 Å². The van der Waals surface area contributed by atoms with Crippen LogP contribution < -0.4 is 43.0 Å². The van der Waals surface area contributed by atoms with Gasteiger partial charge in [0.15, 0.2) is 0 Å². The third kappa shape index (κ3) is 17.1. The second kappa shape index (κ2) is 26.9. The molecule has 4 heterocycles. The number of nitrogens with one attached hydrogen (secondary N) is 8. The van der Waals surface area contributed by atoms with Crippen molar-refractivity contribution in [1.82, 2.24) is 57.0 Å². The molecular formula is C47H69N12O17P. The van der Waals surface area contributed by atoms with Crippen LogP contribution in [0.3, 0.4) is 0 Å². The number of primary amides is 1. The van der Waals surface area contributed by atoms with E-state index < -0.39 is 159 Å². The monoisotopic (exact) mass is 1100 g/mol. The van der Waals surface area contributed by atoms with Gasteiger partial charge in [-0.2, -0.15) is 0 Å². The van der Waals surface area contributed by atoms with E-state index in [0.29, 0.717) is 18.4 Å². The van der Waals surface area contributed by atoms with Gasteiger partial charge in [-0.15, -0.1) is 0 Å². The molecule has 0 spiro atoms. The predicted molar refractivity (Wildman–Crippen MR) is 266 cm³/mol. The molecule has 29 nitrogen and oxygen atoms in total. The Morgan fingerprint density at radius 1 is 0.896 bits per heavy atom. The molecule has 1 aromatic heterocycles. The number of phosphoric ester groups is 1. The molecule has 9 amide bonds. The minimum atomic E-state index is -5.30. The number of carbonyl (C=O) groups is 10. The van der Waals surface area contributed by atoms with E-state index in [1.165, 1.54) is 50.0 Å². The molecule has 1 aromatic carbocycles. The number of amides is 9. The molecule has 77 heavy (non-hydrogen) atoms. The summed E-state index contributed by atoms with van der Waals surface area (Å²) in [5.74, 6) is -9.62. The lowest BCUT2D eigenvalue weighted by atomic mass is 9.94. The van der Waals surface area contributed by atoms with Gasteiger partial charge in [0.2, 0.25) is 53.2 Å². The molecule has 3 fully saturated rings. The summed E-state index contributed by atoms with van der Waals surface area (Å²) in [6, 6.07) is -4.50. The molecule has 2 aromatic rings. The van der Waals surface area contributed by atoms with Crippen molar-refractivity contribution in [3.8, 4) is 0 Å². The molecule has 3 aliphatic rings. The number of phosphoric acid groups is 1. The SMILES string of the molecule is CC(=O)N[C@@H](Cc1ccccc1)C1(C)N[C@@H](CC(=O)O)C(=O)N2CCCC2C(=O)N2CCC[C@H]2C(=O)N[C@H](C(=O)N[C@@H](Cc2cnc[nH]2)C(=O)N[C@@H](CO)C(=O)N[C@H](C(=O)NC(C)C(N)=O)[C@@H](C)OP(=O)(O)O)CC(C)O1. The van der Waals surface area contributed by atoms with E-state index in [2.05, 4.69) is 51.7 Å². The van der Waals surface area contributed by atoms with Crippen LogP contribution in [0.25, 0.3) is 0 Å². The zero-order valence-corrected chi connectivity index (χ0v) is 44.0. The van der Waals surface area contributed by atoms with Crippen molar-refractivity contribution in [2.75, 3.05) is 19.7 Å². The van der Waals surface area contributed by atoms with Crippen LogP contribution in [0.5, 0.6) is 0 Å². The Hall–Kier alpha value is -6.88. The van der Waals surface area contributed by atoms with E-state index in [1.54, 1.807) is 30.3 Å². The number of benzene rings is 1. The summed E-state index contributed by atoms with van der Waals surface area (Å²) in [7, 11) is -5.30. The summed E-state index contributed by atoms with van der Waals surface area (Å²) < 4.78 is 23.1. The summed E-state index contributed by atoms with van der Waals surface area (Å²) in [5, 5.41) is 38.4. The molecule has 30 heteroatoms. The first kappa shape index (κ1) is 61.0. The Kier molecular flexibility index (Phi) is 21.3. The van der Waals surface area contributed by atoms with Gasteiger partial charge in [0.05, 0.1) is 43.6 Å². The topological polar surface area (TPSA) is 433 Å². The fourth-order valence-corrected chi connectivity index (χ4v) is 10.1. The van der Waals surface area contributed by atoms with E-state index in [0.717, 1.165) is 6.92 Å². The minimum absolute atomic E-state index is 0.0620. The number of carboxylic acids is 1. The van der Waals surface area contributed by atoms with Crippen molar-refractivity contribution in [1.29, 1.82) is 0 Å². The number of aliphatic hydroxyl groups excluding tert-OH is 1. The highest BCUT2D eigenvalue weighted by atomic mass is 31.2. The lowest BCUT2D eigenvalue weighted by molar-refractivity contribution is -0.157. The molecule has 4 unspecified atom stereocenters. The lowest BCUT2D eigenvalue weighted by Gasteiger charge is -2.43. The lowest BCUT2D eigenvalue weighted by Crippen LogP contribution is -2.67. The fourth-order valence-electron chi connectivity index (χ4n) is 9.56. The summed E-state index contributed by atoms with van der Waals surface area (Å²) in [6.07, 6.45) is -0.742. The molecule has 424 valence electrons. The normalized spacial score (nSPS) is 24.7. The fraction of sp³-hybridized carbons (Fsp3) is 0.596. The van der Waals surface area contributed by atoms with Gasteiger partial charge in [0, 0.05) is 44.7 Å². The van der Waals surface area contributed by atoms with Gasteiger partial charge < -0.3 is 77.2 Å². The van der Waals surface area contributed by atoms with Crippen molar-refractivity contribution < 1.29 is 81.8 Å². The highest BCUT2D eigenvalue weighted by molar-refractivity contribution is 7.46. The van der Waals surface area contributed by atoms with Gasteiger partial charge in [-0.3, -0.25) is 57.8 Å². The molecule has 3 aliphatic heterocycles. The molecular weight excluding hydrogens is 1040 g/mol. The van der Waals surface area contributed by atoms with Crippen LogP contribution in [-0.2, 0) is 74.6 Å². The highest BCUT2D eigenvalue weighted by Gasteiger charge is 2.48. The Labute approximate surface area is 442 Å². The third-order valence-electron chi connectivity index (χ3n) is 13.3. The number of imidazole rings is 1. The molecule has 14 N–H and O–H groups in total. The quantitative estimate of drug-likeness (QED) is 0.0531. The second-order valence-corrected chi connectivity index (χ2v) is 20.6. The summed E-state index contributed by atoms with van der Waals surface area (Å²) >= 11 is 0. The first-order valence-corrected chi connectivity index (χ1v) is 26.5. The van der Waals surface area contributed by atoms with Crippen LogP contribution in [0.2, 0.25) is 0 Å². The number of nitrogens with two attached hydrogens (primary N) is 1. The molecule has 5 rings (SSSR count). The Morgan fingerprint density at radius 3 is 2.12 bits per heavy atom. The maximum Gasteiger partial charge on any atom is 0.469 e. The van der Waals surface area contributed by atoms with Gasteiger partial charge in [0.1, 0.15) is 48.0 Å². The number of carbonyl (C=O) groups excluding carboxylic acids is 9. The first-order valence-electron chi connectivity index (χ1n) is 24.9. The number of aromatic nitrogens is 2. The van der Waals surface area contributed by atoms with Crippen molar-refractivity contribution >= 4 is 67.0 Å². The smallest absolute Gasteiger partial charge is 0.469 e. The largest absolute Gasteiger partial charge is 0.481 e. The number of rotatable bonds is 21. The first-order chi connectivity index (χ1) is 36.2. The number of ether oxygens (including phenoxy) is 1. The van der Waals surface area contributed by atoms with E-state index >= 15 is 0 Å². The standard InChI is InChI=1S/C47H69N12O17P/c1-24-17-30(40(65)53-31(19-29-21-49-23-50-29)41(66)55-33(22-60)42(67)56-38(26(3)76-77(72,73)74)44(69)51-25(2)39(48)64)54-43(68)34-13-9-15-58(34)46(71)35-14-10-16-59(35)45(70)32(20-37(62)63)57-47(5,75-24)36(52-27(4)61)18-28-11-7-6-8-12-28/h6-8,11-12,21,23-26,30-36,38,57,60H,9-10,13-20,22H2,1-5H3,(H2,48,64)(H,49,50)(H,51,69)(H,52,61)(H,53,65)(H,54,68)(H,55,66)(H,56,67)(H,62,63)(H2,72,73,74)/t24?,25?,26-,30+,31+,32+,33+,34+,35?,36+,38+,47?/m1/s1. The third-order valence-corrected chi connectivity index (χ3v) is 13.9. The van der Waals surface area contributed by atoms with Crippen LogP contribution in [0, 0.1) is 0 Å². The van der Waals surface area contributed by atoms with Crippen LogP contribution in [0.1, 0.15) is 84.4 Å². The molecule has 3 saturated heterocycles. The van der Waals surface area contributed by atoms with Crippen molar-refractivity contribution in [3.63, 3.8) is 0 Å². The molecule has 12 atom stereocenters. The summed E-state index contributed by atoms with van der Waals surface area (Å²) in [5.41, 5.74) is 4.34. The van der Waals surface area contributed by atoms with E-state index in [1.807, 2.05) is 0 Å². The summed E-state index contributed by atoms with van der Waals surface area (Å²) in [6.45, 7) is 5.49. The minimum Gasteiger partial charge on any atom is -0.481 e. The molecule has 0 radical (unpaired) electrons. The van der Waals surface area contributed by atoms with Crippen molar-refractivity contribution in [2.24, 2.45) is 5.73 Å². The number of hydrogen-bond donors (Lipinski definition) is 13. The average Bonchev–Trinajstić information content (AvgIpc) is 4.17. The predicted octanol–water partition coefficient (Wildman–Crippen LogP) is -3.94. The maximum absolute atomic E-state index is 14.8. The Bertz CT molecular complexity index is 2520. The second-order valence-electron chi connectivity index (χ2n) is 19.5.